The highest BCUT2D eigenvalue weighted by Gasteiger charge is 2.43. The molecule has 2 atom stereocenters. The van der Waals surface area contributed by atoms with Gasteiger partial charge in [0.15, 0.2) is 5.96 Å². The molecule has 0 spiro atoms. The van der Waals surface area contributed by atoms with Gasteiger partial charge in [0, 0.05) is 18.6 Å². The van der Waals surface area contributed by atoms with Crippen molar-refractivity contribution in [2.45, 2.75) is 71.0 Å². The third kappa shape index (κ3) is 6.67. The van der Waals surface area contributed by atoms with Gasteiger partial charge in [-0.15, -0.1) is 0 Å². The van der Waals surface area contributed by atoms with E-state index in [0.29, 0.717) is 23.4 Å². The molecule has 0 saturated carbocycles. The Hall–Kier alpha value is -3.88. The lowest BCUT2D eigenvalue weighted by molar-refractivity contribution is -0.139. The number of benzene rings is 2. The number of hydrogen-bond acceptors (Lipinski definition) is 4. The Morgan fingerprint density at radius 3 is 2.35 bits per heavy atom. The summed E-state index contributed by atoms with van der Waals surface area (Å²) in [5, 5.41) is 9.51. The molecule has 0 aliphatic carbocycles. The zero-order valence-electron chi connectivity index (χ0n) is 21.8. The minimum atomic E-state index is -1.03. The number of rotatable bonds is 11. The van der Waals surface area contributed by atoms with E-state index in [1.54, 1.807) is 24.0 Å². The van der Waals surface area contributed by atoms with Crippen LogP contribution in [0.5, 0.6) is 0 Å². The summed E-state index contributed by atoms with van der Waals surface area (Å²) < 4.78 is 0. The van der Waals surface area contributed by atoms with Crippen molar-refractivity contribution in [1.82, 2.24) is 4.90 Å². The van der Waals surface area contributed by atoms with Crippen LogP contribution in [0.2, 0.25) is 0 Å². The van der Waals surface area contributed by atoms with Crippen LogP contribution in [0.15, 0.2) is 53.5 Å². The van der Waals surface area contributed by atoms with E-state index in [1.165, 1.54) is 4.90 Å². The predicted octanol–water partition coefficient (Wildman–Crippen LogP) is 3.47. The number of nitrogens with zero attached hydrogens (tertiary/aromatic N) is 3. The number of guanidine groups is 1. The molecule has 2 amide bonds. The van der Waals surface area contributed by atoms with Crippen LogP contribution in [-0.4, -0.2) is 52.4 Å². The average molecular weight is 508 g/mol. The van der Waals surface area contributed by atoms with Crippen LogP contribution in [0.4, 0.5) is 5.69 Å². The van der Waals surface area contributed by atoms with Crippen molar-refractivity contribution >= 4 is 29.4 Å². The smallest absolute Gasteiger partial charge is 0.305 e. The maximum atomic E-state index is 14.1. The summed E-state index contributed by atoms with van der Waals surface area (Å²) in [6, 6.07) is 12.9. The summed E-state index contributed by atoms with van der Waals surface area (Å²) in [4.78, 5) is 46.9. The molecule has 1 aliphatic rings. The quantitative estimate of drug-likeness (QED) is 0.241. The van der Waals surface area contributed by atoms with E-state index in [-0.39, 0.29) is 30.2 Å². The van der Waals surface area contributed by atoms with E-state index in [1.807, 2.05) is 50.2 Å². The van der Waals surface area contributed by atoms with Gasteiger partial charge in [-0.05, 0) is 63.3 Å². The number of hydrogen-bond donors (Lipinski definition) is 3. The maximum Gasteiger partial charge on any atom is 0.305 e. The second kappa shape index (κ2) is 12.4. The van der Waals surface area contributed by atoms with Gasteiger partial charge in [0.1, 0.15) is 6.04 Å². The van der Waals surface area contributed by atoms with E-state index in [2.05, 4.69) is 4.99 Å². The first-order valence-corrected chi connectivity index (χ1v) is 12.7. The molecular formula is C28H37N5O4. The van der Waals surface area contributed by atoms with Crippen molar-refractivity contribution in [3.05, 3.63) is 65.2 Å². The Balaban J connectivity index is 2.01. The number of fused-ring (bicyclic) bond motifs is 1. The minimum Gasteiger partial charge on any atom is -0.481 e. The number of nitrogens with two attached hydrogens (primary N) is 2. The number of aliphatic carboxylic acids is 1. The van der Waals surface area contributed by atoms with Crippen molar-refractivity contribution in [1.29, 1.82) is 0 Å². The van der Waals surface area contributed by atoms with Gasteiger partial charge < -0.3 is 26.4 Å². The molecule has 9 nitrogen and oxygen atoms in total. The van der Waals surface area contributed by atoms with Crippen LogP contribution in [0.25, 0.3) is 0 Å². The summed E-state index contributed by atoms with van der Waals surface area (Å²) in [6.07, 6.45) is 3.16. The molecule has 37 heavy (non-hydrogen) atoms. The molecule has 0 radical (unpaired) electrons. The third-order valence-electron chi connectivity index (χ3n) is 6.53. The highest BCUT2D eigenvalue weighted by atomic mass is 16.4. The Morgan fingerprint density at radius 2 is 1.73 bits per heavy atom. The number of unbranched alkanes of at least 4 members (excludes halogenated alkanes) is 2. The van der Waals surface area contributed by atoms with Crippen molar-refractivity contribution in [2.75, 3.05) is 11.4 Å². The molecule has 2 unspecified atom stereocenters. The van der Waals surface area contributed by atoms with Crippen molar-refractivity contribution in [2.24, 2.45) is 16.5 Å². The second-order valence-corrected chi connectivity index (χ2v) is 9.74. The van der Waals surface area contributed by atoms with Crippen LogP contribution < -0.4 is 16.4 Å². The first kappa shape index (κ1) is 27.7. The van der Waals surface area contributed by atoms with Crippen LogP contribution in [0, 0.1) is 0 Å². The Kier molecular flexibility index (Phi) is 9.27. The first-order chi connectivity index (χ1) is 17.6. The molecular weight excluding hydrogens is 470 g/mol. The first-order valence-electron chi connectivity index (χ1n) is 12.7. The molecule has 3 rings (SSSR count). The highest BCUT2D eigenvalue weighted by Crippen LogP contribution is 2.38. The topological polar surface area (TPSA) is 142 Å². The monoisotopic (exact) mass is 507 g/mol. The zero-order chi connectivity index (χ0) is 27.1. The van der Waals surface area contributed by atoms with Crippen LogP contribution >= 0.6 is 0 Å². The lowest BCUT2D eigenvalue weighted by atomic mass is 10.00. The van der Waals surface area contributed by atoms with Gasteiger partial charge >= 0.3 is 5.97 Å². The molecule has 1 aliphatic heterocycles. The van der Waals surface area contributed by atoms with Crippen molar-refractivity contribution in [3.8, 4) is 0 Å². The van der Waals surface area contributed by atoms with Gasteiger partial charge in [-0.1, -0.05) is 42.8 Å². The number of carbonyl (C=O) groups is 3. The third-order valence-corrected chi connectivity index (χ3v) is 6.53. The Bertz CT molecular complexity index is 1140. The molecule has 198 valence electrons. The summed E-state index contributed by atoms with van der Waals surface area (Å²) in [5.74, 6) is -1.54. The van der Waals surface area contributed by atoms with Gasteiger partial charge in [-0.25, -0.2) is 0 Å². The standard InChI is InChI=1S/C28H37N5O4/c1-18(2)32-23-14-13-20(10-6-5-9-15-31-28(29)30)17-22(23)26(36)33(19(3)16-24(34)35)25(27(32)37)21-11-7-4-8-12-21/h4,7-8,11-14,17-19,25H,5-6,9-10,15-16H2,1-3H3,(H,34,35)(H4,29,30,31). The molecule has 9 heteroatoms. The number of amides is 2. The van der Waals surface area contributed by atoms with E-state index in [0.717, 1.165) is 31.2 Å². The van der Waals surface area contributed by atoms with E-state index < -0.39 is 18.1 Å². The average Bonchev–Trinajstić information content (AvgIpc) is 2.93. The molecule has 0 saturated heterocycles. The van der Waals surface area contributed by atoms with Crippen molar-refractivity contribution in [3.63, 3.8) is 0 Å². The largest absolute Gasteiger partial charge is 0.481 e. The summed E-state index contributed by atoms with van der Waals surface area (Å²) in [7, 11) is 0. The minimum absolute atomic E-state index is 0.0870. The molecule has 2 aromatic carbocycles. The predicted molar refractivity (Wildman–Crippen MR) is 144 cm³/mol. The molecule has 2 aromatic rings. The van der Waals surface area contributed by atoms with E-state index >= 15 is 0 Å². The molecule has 5 N–H and O–H groups in total. The number of carboxylic acid groups (broad SMARTS) is 1. The zero-order valence-corrected chi connectivity index (χ0v) is 21.8. The lowest BCUT2D eigenvalue weighted by Crippen LogP contribution is -2.48. The number of carbonyl (C=O) groups excluding carboxylic acids is 2. The van der Waals surface area contributed by atoms with Crippen LogP contribution in [0.3, 0.4) is 0 Å². The van der Waals surface area contributed by atoms with Crippen LogP contribution in [0.1, 0.15) is 74.0 Å². The normalized spacial score (nSPS) is 16.4. The number of anilines is 1. The Labute approximate surface area is 218 Å². The van der Waals surface area contributed by atoms with Crippen molar-refractivity contribution < 1.29 is 19.5 Å². The lowest BCUT2D eigenvalue weighted by Gasteiger charge is -2.36. The Morgan fingerprint density at radius 1 is 1.03 bits per heavy atom. The van der Waals surface area contributed by atoms with Crippen LogP contribution in [-0.2, 0) is 16.0 Å². The van der Waals surface area contributed by atoms with E-state index in [9.17, 15) is 19.5 Å². The van der Waals surface area contributed by atoms with Gasteiger partial charge in [-0.2, -0.15) is 0 Å². The van der Waals surface area contributed by atoms with Gasteiger partial charge in [0.2, 0.25) is 0 Å². The molecule has 0 bridgehead atoms. The summed E-state index contributed by atoms with van der Waals surface area (Å²) >= 11 is 0. The highest BCUT2D eigenvalue weighted by molar-refractivity contribution is 6.11. The number of aliphatic imine (C=N–C) groups is 1. The second-order valence-electron chi connectivity index (χ2n) is 9.74. The fourth-order valence-corrected chi connectivity index (χ4v) is 4.85. The summed E-state index contributed by atoms with van der Waals surface area (Å²) in [6.45, 7) is 6.08. The molecule has 0 aromatic heterocycles. The van der Waals surface area contributed by atoms with E-state index in [4.69, 9.17) is 11.5 Å². The maximum absolute atomic E-state index is 14.1. The molecule has 0 fully saturated rings. The SMILES string of the molecule is CC(C)N1C(=O)C(c2ccccc2)N(C(C)CC(=O)O)C(=O)c2cc(CCCCCN=C(N)N)ccc21. The fraction of sp³-hybridized carbons (Fsp3) is 0.429. The van der Waals surface area contributed by atoms with Gasteiger partial charge in [0.05, 0.1) is 17.7 Å². The summed E-state index contributed by atoms with van der Waals surface area (Å²) in [5.41, 5.74) is 13.3. The number of aryl methyl sites for hydroxylation is 1. The molecule has 1 heterocycles. The fourth-order valence-electron chi connectivity index (χ4n) is 4.85. The van der Waals surface area contributed by atoms with Gasteiger partial charge in [-0.3, -0.25) is 19.4 Å². The number of carboxylic acids is 1. The van der Waals surface area contributed by atoms with Gasteiger partial charge in [0.25, 0.3) is 11.8 Å².